The largest absolute Gasteiger partial charge is 0.368 e. The summed E-state index contributed by atoms with van der Waals surface area (Å²) in [5, 5.41) is 7.35. The van der Waals surface area contributed by atoms with Crippen molar-refractivity contribution in [1.29, 1.82) is 0 Å². The molecular weight excluding hydrogens is 402 g/mol. The number of fused-ring (bicyclic) bond motifs is 1. The number of piperidine rings is 1. The quantitative estimate of drug-likeness (QED) is 0.784. The first-order chi connectivity index (χ1) is 15.7. The molecule has 1 N–H and O–H groups in total. The molecule has 32 heavy (non-hydrogen) atoms. The molecule has 0 atom stereocenters. The van der Waals surface area contributed by atoms with Gasteiger partial charge in [-0.15, -0.1) is 0 Å². The summed E-state index contributed by atoms with van der Waals surface area (Å²) >= 11 is 0. The Bertz CT molecular complexity index is 940. The second kappa shape index (κ2) is 9.35. The molecule has 1 aromatic heterocycles. The highest BCUT2D eigenvalue weighted by Crippen LogP contribution is 2.27. The standard InChI is InChI=1S/C25H33N5O2/c31-23(29-17-15-28(16-18-29)20-5-2-1-3-6-20)10-9-19-11-13-30(14-12-19)25(32)24-21-7-4-8-22(21)26-27-24/h1-3,5-6,19H,4,7-18H2,(H,26,27). The van der Waals surface area contributed by atoms with Gasteiger partial charge in [-0.1, -0.05) is 18.2 Å². The van der Waals surface area contributed by atoms with Crippen LogP contribution in [-0.4, -0.2) is 71.1 Å². The van der Waals surface area contributed by atoms with Crippen LogP contribution in [-0.2, 0) is 17.6 Å². The molecule has 0 radical (unpaired) electrons. The van der Waals surface area contributed by atoms with Crippen molar-refractivity contribution in [3.05, 3.63) is 47.3 Å². The molecule has 2 aliphatic heterocycles. The first-order valence-corrected chi connectivity index (χ1v) is 12.1. The molecule has 0 unspecified atom stereocenters. The molecule has 7 heteroatoms. The molecule has 3 heterocycles. The lowest BCUT2D eigenvalue weighted by Crippen LogP contribution is -2.48. The predicted octanol–water partition coefficient (Wildman–Crippen LogP) is 2.88. The highest BCUT2D eigenvalue weighted by atomic mass is 16.2. The maximum absolute atomic E-state index is 12.9. The number of anilines is 1. The van der Waals surface area contributed by atoms with Gasteiger partial charge in [-0.3, -0.25) is 14.7 Å². The summed E-state index contributed by atoms with van der Waals surface area (Å²) in [6.07, 6.45) is 6.59. The summed E-state index contributed by atoms with van der Waals surface area (Å²) in [6, 6.07) is 10.4. The van der Waals surface area contributed by atoms with Crippen LogP contribution in [0.1, 0.15) is 53.8 Å². The number of para-hydroxylation sites is 1. The Balaban J connectivity index is 1.04. The van der Waals surface area contributed by atoms with E-state index in [-0.39, 0.29) is 11.8 Å². The van der Waals surface area contributed by atoms with Crippen molar-refractivity contribution >= 4 is 17.5 Å². The van der Waals surface area contributed by atoms with Crippen LogP contribution in [0.5, 0.6) is 0 Å². The lowest BCUT2D eigenvalue weighted by Gasteiger charge is -2.36. The predicted molar refractivity (Wildman–Crippen MR) is 124 cm³/mol. The minimum absolute atomic E-state index is 0.0789. The lowest BCUT2D eigenvalue weighted by molar-refractivity contribution is -0.131. The summed E-state index contributed by atoms with van der Waals surface area (Å²) in [5.74, 6) is 0.886. The molecule has 0 saturated carbocycles. The van der Waals surface area contributed by atoms with Gasteiger partial charge < -0.3 is 14.7 Å². The molecule has 7 nitrogen and oxygen atoms in total. The zero-order chi connectivity index (χ0) is 21.9. The number of rotatable bonds is 5. The van der Waals surface area contributed by atoms with E-state index in [0.29, 0.717) is 18.0 Å². The monoisotopic (exact) mass is 435 g/mol. The van der Waals surface area contributed by atoms with Crippen LogP contribution in [0.15, 0.2) is 30.3 Å². The lowest BCUT2D eigenvalue weighted by atomic mass is 9.91. The molecule has 0 spiro atoms. The Hall–Kier alpha value is -2.83. The summed E-state index contributed by atoms with van der Waals surface area (Å²) < 4.78 is 0. The first-order valence-electron chi connectivity index (χ1n) is 12.1. The number of nitrogens with zero attached hydrogens (tertiary/aromatic N) is 4. The Kier molecular flexibility index (Phi) is 6.14. The number of piperazine rings is 1. The highest BCUT2D eigenvalue weighted by molar-refractivity contribution is 5.94. The number of likely N-dealkylation sites (tertiary alicyclic amines) is 1. The number of amides is 2. The third-order valence-corrected chi connectivity index (χ3v) is 7.43. The van der Waals surface area contributed by atoms with Gasteiger partial charge in [0.05, 0.1) is 0 Å². The molecular formula is C25H33N5O2. The van der Waals surface area contributed by atoms with Gasteiger partial charge in [0.2, 0.25) is 5.91 Å². The van der Waals surface area contributed by atoms with Crippen LogP contribution >= 0.6 is 0 Å². The number of benzene rings is 1. The van der Waals surface area contributed by atoms with Gasteiger partial charge >= 0.3 is 0 Å². The maximum atomic E-state index is 12.9. The van der Waals surface area contributed by atoms with E-state index in [4.69, 9.17) is 0 Å². The van der Waals surface area contributed by atoms with E-state index in [1.54, 1.807) is 0 Å². The third kappa shape index (κ3) is 4.38. The smallest absolute Gasteiger partial charge is 0.274 e. The number of aromatic nitrogens is 2. The van der Waals surface area contributed by atoms with Crippen LogP contribution < -0.4 is 4.90 Å². The average Bonchev–Trinajstić information content (AvgIpc) is 3.47. The minimum Gasteiger partial charge on any atom is -0.368 e. The molecule has 2 aromatic rings. The fraction of sp³-hybridized carbons (Fsp3) is 0.560. The summed E-state index contributed by atoms with van der Waals surface area (Å²) in [6.45, 7) is 4.94. The van der Waals surface area contributed by atoms with Gasteiger partial charge in [-0.05, 0) is 56.6 Å². The van der Waals surface area contributed by atoms with Gasteiger partial charge in [0.25, 0.3) is 5.91 Å². The van der Waals surface area contributed by atoms with E-state index >= 15 is 0 Å². The van der Waals surface area contributed by atoms with Crippen LogP contribution in [0, 0.1) is 5.92 Å². The Labute approximate surface area is 189 Å². The van der Waals surface area contributed by atoms with Gasteiger partial charge in [0.15, 0.2) is 5.69 Å². The Morgan fingerprint density at radius 2 is 1.69 bits per heavy atom. The maximum Gasteiger partial charge on any atom is 0.274 e. The highest BCUT2D eigenvalue weighted by Gasteiger charge is 2.30. The van der Waals surface area contributed by atoms with Crippen LogP contribution in [0.2, 0.25) is 0 Å². The van der Waals surface area contributed by atoms with Crippen molar-refractivity contribution in [2.75, 3.05) is 44.2 Å². The van der Waals surface area contributed by atoms with Gasteiger partial charge in [0.1, 0.15) is 0 Å². The molecule has 3 aliphatic rings. The number of nitrogens with one attached hydrogen (secondary N) is 1. The molecule has 2 amide bonds. The molecule has 5 rings (SSSR count). The fourth-order valence-electron chi connectivity index (χ4n) is 5.41. The van der Waals surface area contributed by atoms with E-state index in [1.165, 1.54) is 5.69 Å². The number of carbonyl (C=O) groups excluding carboxylic acids is 2. The number of carbonyl (C=O) groups is 2. The molecule has 2 saturated heterocycles. The van der Waals surface area contributed by atoms with Crippen molar-refractivity contribution < 1.29 is 9.59 Å². The first kappa shape index (κ1) is 21.0. The van der Waals surface area contributed by atoms with E-state index in [1.807, 2.05) is 15.9 Å². The molecule has 170 valence electrons. The number of H-pyrrole nitrogens is 1. The molecule has 1 aromatic carbocycles. The Morgan fingerprint density at radius 3 is 2.44 bits per heavy atom. The SMILES string of the molecule is O=C(CCC1CCN(C(=O)c2n[nH]c3c2CCC3)CC1)N1CCN(c2ccccc2)CC1. The number of hydrogen-bond donors (Lipinski definition) is 1. The van der Waals surface area contributed by atoms with Crippen molar-refractivity contribution in [2.24, 2.45) is 5.92 Å². The fourth-order valence-corrected chi connectivity index (χ4v) is 5.41. The van der Waals surface area contributed by atoms with Crippen LogP contribution in [0.3, 0.4) is 0 Å². The van der Waals surface area contributed by atoms with Crippen molar-refractivity contribution in [1.82, 2.24) is 20.0 Å². The van der Waals surface area contributed by atoms with E-state index in [9.17, 15) is 9.59 Å². The van der Waals surface area contributed by atoms with E-state index in [2.05, 4.69) is 39.4 Å². The normalized spacial score (nSPS) is 19.3. The second-order valence-corrected chi connectivity index (χ2v) is 9.36. The molecule has 1 aliphatic carbocycles. The zero-order valence-electron chi connectivity index (χ0n) is 18.8. The van der Waals surface area contributed by atoms with Gasteiger partial charge in [-0.2, -0.15) is 5.10 Å². The topological polar surface area (TPSA) is 72.5 Å². The summed E-state index contributed by atoms with van der Waals surface area (Å²) in [7, 11) is 0. The number of aryl methyl sites for hydroxylation is 1. The molecule has 0 bridgehead atoms. The van der Waals surface area contributed by atoms with Crippen molar-refractivity contribution in [3.8, 4) is 0 Å². The third-order valence-electron chi connectivity index (χ3n) is 7.43. The van der Waals surface area contributed by atoms with Crippen LogP contribution in [0.25, 0.3) is 0 Å². The second-order valence-electron chi connectivity index (χ2n) is 9.36. The number of hydrogen-bond acceptors (Lipinski definition) is 4. The number of aromatic amines is 1. The average molecular weight is 436 g/mol. The van der Waals surface area contributed by atoms with Gasteiger partial charge in [0, 0.05) is 62.6 Å². The van der Waals surface area contributed by atoms with E-state index in [0.717, 1.165) is 89.1 Å². The van der Waals surface area contributed by atoms with Gasteiger partial charge in [-0.25, -0.2) is 0 Å². The molecule has 2 fully saturated rings. The van der Waals surface area contributed by atoms with E-state index < -0.39 is 0 Å². The van der Waals surface area contributed by atoms with Crippen LogP contribution in [0.4, 0.5) is 5.69 Å². The minimum atomic E-state index is 0.0789. The van der Waals surface area contributed by atoms with Crippen molar-refractivity contribution in [2.45, 2.75) is 44.9 Å². The zero-order valence-corrected chi connectivity index (χ0v) is 18.8. The van der Waals surface area contributed by atoms with Crippen molar-refractivity contribution in [3.63, 3.8) is 0 Å². The summed E-state index contributed by atoms with van der Waals surface area (Å²) in [4.78, 5) is 32.0. The Morgan fingerprint density at radius 1 is 0.938 bits per heavy atom. The summed E-state index contributed by atoms with van der Waals surface area (Å²) in [5.41, 5.74) is 4.16.